The summed E-state index contributed by atoms with van der Waals surface area (Å²) in [6.45, 7) is 4.53. The van der Waals surface area contributed by atoms with Crippen LogP contribution in [0.3, 0.4) is 0 Å². The van der Waals surface area contributed by atoms with E-state index in [4.69, 9.17) is 9.84 Å². The summed E-state index contributed by atoms with van der Waals surface area (Å²) in [5, 5.41) is 17.9. The van der Waals surface area contributed by atoms with Crippen LogP contribution in [-0.4, -0.2) is 22.8 Å². The molecule has 0 spiro atoms. The molecule has 0 aromatic heterocycles. The number of carbonyl (C=O) groups is 1. The van der Waals surface area contributed by atoms with Crippen molar-refractivity contribution >= 4 is 12.0 Å². The zero-order valence-electron chi connectivity index (χ0n) is 9.88. The fraction of sp³-hybridized carbons (Fsp3) is 0.308. The van der Waals surface area contributed by atoms with E-state index in [-0.39, 0.29) is 5.75 Å². The summed E-state index contributed by atoms with van der Waals surface area (Å²) in [5.74, 6) is -0.0889. The molecule has 4 heteroatoms. The lowest BCUT2D eigenvalue weighted by atomic mass is 10.1. The van der Waals surface area contributed by atoms with Crippen molar-refractivity contribution in [3.63, 3.8) is 0 Å². The first-order valence-corrected chi connectivity index (χ1v) is 5.36. The van der Waals surface area contributed by atoms with Crippen LogP contribution in [0.25, 0.3) is 6.08 Å². The third-order valence-corrected chi connectivity index (χ3v) is 1.97. The van der Waals surface area contributed by atoms with Crippen molar-refractivity contribution in [2.24, 2.45) is 5.92 Å². The molecule has 2 N–H and O–H groups in total. The highest BCUT2D eigenvalue weighted by Gasteiger charge is 2.04. The van der Waals surface area contributed by atoms with E-state index in [0.717, 1.165) is 6.08 Å². The summed E-state index contributed by atoms with van der Waals surface area (Å²) in [6, 6.07) is 4.58. The average molecular weight is 236 g/mol. The summed E-state index contributed by atoms with van der Waals surface area (Å²) in [7, 11) is 0. The number of hydrogen-bond acceptors (Lipinski definition) is 3. The Kier molecular flexibility index (Phi) is 4.57. The van der Waals surface area contributed by atoms with Crippen LogP contribution < -0.4 is 4.74 Å². The van der Waals surface area contributed by atoms with E-state index in [0.29, 0.717) is 23.8 Å². The van der Waals surface area contributed by atoms with Crippen LogP contribution in [0.2, 0.25) is 0 Å². The fourth-order valence-corrected chi connectivity index (χ4v) is 1.20. The highest BCUT2D eigenvalue weighted by Crippen LogP contribution is 2.25. The Morgan fingerprint density at radius 1 is 1.47 bits per heavy atom. The Balaban J connectivity index is 2.91. The third kappa shape index (κ3) is 4.59. The average Bonchev–Trinajstić information content (AvgIpc) is 2.24. The van der Waals surface area contributed by atoms with E-state index in [1.165, 1.54) is 18.2 Å². The van der Waals surface area contributed by atoms with Crippen LogP contribution in [0.5, 0.6) is 11.5 Å². The van der Waals surface area contributed by atoms with Gasteiger partial charge in [0, 0.05) is 17.7 Å². The first kappa shape index (κ1) is 13.1. The van der Waals surface area contributed by atoms with Crippen molar-refractivity contribution in [1.82, 2.24) is 0 Å². The van der Waals surface area contributed by atoms with Gasteiger partial charge >= 0.3 is 5.97 Å². The first-order valence-electron chi connectivity index (χ1n) is 5.36. The molecule has 0 amide bonds. The number of aromatic hydroxyl groups is 1. The van der Waals surface area contributed by atoms with Gasteiger partial charge < -0.3 is 14.9 Å². The second-order valence-electron chi connectivity index (χ2n) is 4.10. The Morgan fingerprint density at radius 3 is 2.76 bits per heavy atom. The van der Waals surface area contributed by atoms with E-state index in [1.807, 2.05) is 13.8 Å². The van der Waals surface area contributed by atoms with Gasteiger partial charge in [-0.05, 0) is 24.1 Å². The molecular formula is C13H16O4. The SMILES string of the molecule is CC(C)COc1cc(O)ccc1/C=C/C(=O)O. The molecule has 0 saturated carbocycles. The molecule has 0 aliphatic rings. The minimum atomic E-state index is -1.02. The Bertz CT molecular complexity index is 421. The maximum absolute atomic E-state index is 10.4. The summed E-state index contributed by atoms with van der Waals surface area (Å²) in [4.78, 5) is 10.4. The van der Waals surface area contributed by atoms with E-state index in [9.17, 15) is 9.90 Å². The molecule has 1 aromatic rings. The van der Waals surface area contributed by atoms with Gasteiger partial charge in [-0.2, -0.15) is 0 Å². The number of rotatable bonds is 5. The molecule has 0 aliphatic heterocycles. The van der Waals surface area contributed by atoms with E-state index in [2.05, 4.69) is 0 Å². The molecule has 0 atom stereocenters. The molecule has 92 valence electrons. The number of benzene rings is 1. The molecule has 4 nitrogen and oxygen atoms in total. The molecule has 1 aromatic carbocycles. The molecule has 0 radical (unpaired) electrons. The van der Waals surface area contributed by atoms with E-state index >= 15 is 0 Å². The predicted octanol–water partition coefficient (Wildman–Crippen LogP) is 2.52. The number of carboxylic acid groups (broad SMARTS) is 1. The van der Waals surface area contributed by atoms with Crippen molar-refractivity contribution in [2.75, 3.05) is 6.61 Å². The van der Waals surface area contributed by atoms with Gasteiger partial charge in [-0.25, -0.2) is 4.79 Å². The smallest absolute Gasteiger partial charge is 0.328 e. The number of carboxylic acids is 1. The molecule has 0 bridgehead atoms. The molecule has 0 aliphatic carbocycles. The van der Waals surface area contributed by atoms with Crippen LogP contribution in [0, 0.1) is 5.92 Å². The molecular weight excluding hydrogens is 220 g/mol. The molecule has 1 rings (SSSR count). The summed E-state index contributed by atoms with van der Waals surface area (Å²) >= 11 is 0. The molecule has 0 heterocycles. The monoisotopic (exact) mass is 236 g/mol. The fourth-order valence-electron chi connectivity index (χ4n) is 1.20. The highest BCUT2D eigenvalue weighted by atomic mass is 16.5. The van der Waals surface area contributed by atoms with Crippen LogP contribution in [0.15, 0.2) is 24.3 Å². The number of hydrogen-bond donors (Lipinski definition) is 2. The summed E-state index contributed by atoms with van der Waals surface area (Å²) in [5.41, 5.74) is 0.630. The van der Waals surface area contributed by atoms with Gasteiger partial charge in [-0.3, -0.25) is 0 Å². The summed E-state index contributed by atoms with van der Waals surface area (Å²) < 4.78 is 5.51. The van der Waals surface area contributed by atoms with E-state index < -0.39 is 5.97 Å². The zero-order valence-corrected chi connectivity index (χ0v) is 9.88. The third-order valence-electron chi connectivity index (χ3n) is 1.97. The first-order chi connectivity index (χ1) is 7.99. The summed E-state index contributed by atoms with van der Waals surface area (Å²) in [6.07, 6.45) is 2.48. The van der Waals surface area contributed by atoms with Crippen molar-refractivity contribution < 1.29 is 19.7 Å². The molecule has 0 fully saturated rings. The lowest BCUT2D eigenvalue weighted by Crippen LogP contribution is -2.05. The number of phenolic OH excluding ortho intramolecular Hbond substituents is 1. The zero-order chi connectivity index (χ0) is 12.8. The number of phenols is 1. The van der Waals surface area contributed by atoms with Crippen LogP contribution in [0.4, 0.5) is 0 Å². The maximum atomic E-state index is 10.4. The Morgan fingerprint density at radius 2 is 2.18 bits per heavy atom. The maximum Gasteiger partial charge on any atom is 0.328 e. The second-order valence-corrected chi connectivity index (χ2v) is 4.10. The minimum Gasteiger partial charge on any atom is -0.508 e. The lowest BCUT2D eigenvalue weighted by molar-refractivity contribution is -0.131. The predicted molar refractivity (Wildman–Crippen MR) is 65.1 cm³/mol. The number of ether oxygens (including phenoxy) is 1. The largest absolute Gasteiger partial charge is 0.508 e. The lowest BCUT2D eigenvalue weighted by Gasteiger charge is -2.11. The van der Waals surface area contributed by atoms with E-state index in [1.54, 1.807) is 6.07 Å². The van der Waals surface area contributed by atoms with Crippen LogP contribution in [-0.2, 0) is 4.79 Å². The van der Waals surface area contributed by atoms with Gasteiger partial charge in [0.15, 0.2) is 0 Å². The molecule has 17 heavy (non-hydrogen) atoms. The second kappa shape index (κ2) is 5.94. The van der Waals surface area contributed by atoms with Crippen molar-refractivity contribution in [1.29, 1.82) is 0 Å². The molecule has 0 saturated heterocycles. The number of aliphatic carboxylic acids is 1. The normalized spacial score (nSPS) is 11.0. The van der Waals surface area contributed by atoms with Crippen LogP contribution >= 0.6 is 0 Å². The van der Waals surface area contributed by atoms with Gasteiger partial charge in [0.25, 0.3) is 0 Å². The van der Waals surface area contributed by atoms with Gasteiger partial charge in [0.1, 0.15) is 11.5 Å². The van der Waals surface area contributed by atoms with Gasteiger partial charge in [0.05, 0.1) is 6.61 Å². The standard InChI is InChI=1S/C13H16O4/c1-9(2)8-17-12-7-11(14)5-3-10(12)4-6-13(15)16/h3-7,9,14H,8H2,1-2H3,(H,15,16)/b6-4+. The molecule has 0 unspecified atom stereocenters. The Labute approximate surface area is 100 Å². The Hall–Kier alpha value is -1.97. The quantitative estimate of drug-likeness (QED) is 0.771. The minimum absolute atomic E-state index is 0.0937. The van der Waals surface area contributed by atoms with Crippen LogP contribution in [0.1, 0.15) is 19.4 Å². The van der Waals surface area contributed by atoms with Crippen molar-refractivity contribution in [3.05, 3.63) is 29.8 Å². The highest BCUT2D eigenvalue weighted by molar-refractivity contribution is 5.86. The van der Waals surface area contributed by atoms with Gasteiger partial charge in [-0.1, -0.05) is 13.8 Å². The van der Waals surface area contributed by atoms with Gasteiger partial charge in [0.2, 0.25) is 0 Å². The van der Waals surface area contributed by atoms with Gasteiger partial charge in [-0.15, -0.1) is 0 Å². The van der Waals surface area contributed by atoms with Crippen molar-refractivity contribution in [3.8, 4) is 11.5 Å². The topological polar surface area (TPSA) is 66.8 Å². The van der Waals surface area contributed by atoms with Crippen molar-refractivity contribution in [2.45, 2.75) is 13.8 Å².